The van der Waals surface area contributed by atoms with Gasteiger partial charge in [0, 0.05) is 17.2 Å². The van der Waals surface area contributed by atoms with E-state index in [0.717, 1.165) is 16.7 Å². The normalized spacial score (nSPS) is 10.1. The highest BCUT2D eigenvalue weighted by Crippen LogP contribution is 2.16. The van der Waals surface area contributed by atoms with Crippen LogP contribution in [-0.4, -0.2) is 10.2 Å². The lowest BCUT2D eigenvalue weighted by Gasteiger charge is -2.05. The summed E-state index contributed by atoms with van der Waals surface area (Å²) in [7, 11) is 0. The van der Waals surface area contributed by atoms with E-state index in [2.05, 4.69) is 37.5 Å². The van der Waals surface area contributed by atoms with Crippen molar-refractivity contribution in [1.29, 1.82) is 0 Å². The lowest BCUT2D eigenvalue weighted by atomic mass is 10.2. The van der Waals surface area contributed by atoms with Crippen molar-refractivity contribution in [3.63, 3.8) is 0 Å². The van der Waals surface area contributed by atoms with Crippen LogP contribution in [-0.2, 0) is 6.54 Å². The number of nitrogens with one attached hydrogen (secondary N) is 2. The smallest absolute Gasteiger partial charge is 0.0726 e. The van der Waals surface area contributed by atoms with Gasteiger partial charge >= 0.3 is 0 Å². The van der Waals surface area contributed by atoms with Crippen LogP contribution in [0.15, 0.2) is 41.1 Å². The minimum Gasteiger partial charge on any atom is -0.378 e. The number of hydrogen-bond acceptors (Lipinski definition) is 2. The van der Waals surface area contributed by atoms with Gasteiger partial charge in [0.25, 0.3) is 0 Å². The molecule has 0 unspecified atom stereocenters. The first-order valence-corrected chi connectivity index (χ1v) is 5.11. The third kappa shape index (κ3) is 2.14. The van der Waals surface area contributed by atoms with Gasteiger partial charge in [0.15, 0.2) is 0 Å². The molecule has 0 aliphatic heterocycles. The average Bonchev–Trinajstić information content (AvgIpc) is 2.69. The van der Waals surface area contributed by atoms with Crippen LogP contribution in [0.5, 0.6) is 0 Å². The Morgan fingerprint density at radius 1 is 1.36 bits per heavy atom. The zero-order valence-corrected chi connectivity index (χ0v) is 9.08. The second kappa shape index (κ2) is 4.28. The molecule has 0 amide bonds. The number of halogens is 1. The molecule has 2 rings (SSSR count). The van der Waals surface area contributed by atoms with E-state index in [-0.39, 0.29) is 0 Å². The van der Waals surface area contributed by atoms with Crippen LogP contribution in [0, 0.1) is 0 Å². The van der Waals surface area contributed by atoms with E-state index in [1.165, 1.54) is 5.56 Å². The first kappa shape index (κ1) is 9.27. The summed E-state index contributed by atoms with van der Waals surface area (Å²) in [6.45, 7) is 0.793. The van der Waals surface area contributed by atoms with Crippen LogP contribution in [0.4, 0.5) is 5.69 Å². The number of nitrogens with zero attached hydrogens (tertiary/aromatic N) is 1. The minimum atomic E-state index is 0.793. The monoisotopic (exact) mass is 251 g/mol. The van der Waals surface area contributed by atoms with Crippen LogP contribution < -0.4 is 5.32 Å². The number of aromatic amines is 1. The number of aromatic nitrogens is 2. The molecule has 0 aliphatic rings. The highest BCUT2D eigenvalue weighted by molar-refractivity contribution is 9.10. The lowest BCUT2D eigenvalue weighted by Crippen LogP contribution is -1.98. The molecule has 2 aromatic rings. The summed E-state index contributed by atoms with van der Waals surface area (Å²) in [4.78, 5) is 0. The maximum absolute atomic E-state index is 3.86. The molecule has 1 aromatic heterocycles. The summed E-state index contributed by atoms with van der Waals surface area (Å²) >= 11 is 3.50. The molecule has 1 aromatic carbocycles. The number of benzene rings is 1. The Kier molecular flexibility index (Phi) is 2.84. The molecule has 1 heterocycles. The highest BCUT2D eigenvalue weighted by Gasteiger charge is 1.98. The van der Waals surface area contributed by atoms with E-state index in [1.54, 1.807) is 6.20 Å². The van der Waals surface area contributed by atoms with Crippen molar-refractivity contribution in [3.05, 3.63) is 46.7 Å². The lowest BCUT2D eigenvalue weighted by molar-refractivity contribution is 1.09. The van der Waals surface area contributed by atoms with Gasteiger partial charge in [0.05, 0.1) is 11.9 Å². The fourth-order valence-corrected chi connectivity index (χ4v) is 1.61. The summed E-state index contributed by atoms with van der Waals surface area (Å²) in [5.74, 6) is 0. The van der Waals surface area contributed by atoms with Crippen molar-refractivity contribution in [2.45, 2.75) is 6.54 Å². The molecule has 2 N–H and O–H groups in total. The first-order chi connectivity index (χ1) is 6.86. The molecule has 0 radical (unpaired) electrons. The second-order valence-corrected chi connectivity index (χ2v) is 3.79. The van der Waals surface area contributed by atoms with Gasteiger partial charge in [-0.15, -0.1) is 0 Å². The topological polar surface area (TPSA) is 40.7 Å². The van der Waals surface area contributed by atoms with E-state index in [1.807, 2.05) is 24.4 Å². The Hall–Kier alpha value is -1.29. The maximum Gasteiger partial charge on any atom is 0.0726 e. The van der Waals surface area contributed by atoms with Gasteiger partial charge in [-0.2, -0.15) is 5.10 Å². The third-order valence-corrected chi connectivity index (χ3v) is 2.71. The molecular formula is C10H10BrN3. The van der Waals surface area contributed by atoms with Gasteiger partial charge in [-0.25, -0.2) is 0 Å². The molecular weight excluding hydrogens is 242 g/mol. The summed E-state index contributed by atoms with van der Waals surface area (Å²) in [6, 6.07) is 8.14. The molecule has 0 aliphatic carbocycles. The predicted molar refractivity (Wildman–Crippen MR) is 60.1 cm³/mol. The minimum absolute atomic E-state index is 0.793. The molecule has 4 heteroatoms. The second-order valence-electron chi connectivity index (χ2n) is 2.93. The number of hydrogen-bond donors (Lipinski definition) is 2. The Morgan fingerprint density at radius 2 is 2.21 bits per heavy atom. The quantitative estimate of drug-likeness (QED) is 0.881. The van der Waals surface area contributed by atoms with Crippen LogP contribution in [0.2, 0.25) is 0 Å². The van der Waals surface area contributed by atoms with Gasteiger partial charge in [-0.3, -0.25) is 5.10 Å². The zero-order valence-electron chi connectivity index (χ0n) is 7.50. The summed E-state index contributed by atoms with van der Waals surface area (Å²) in [5.41, 5.74) is 2.23. The largest absolute Gasteiger partial charge is 0.378 e. The van der Waals surface area contributed by atoms with E-state index in [0.29, 0.717) is 0 Å². The highest BCUT2D eigenvalue weighted by atomic mass is 79.9. The SMILES string of the molecule is Brc1ccccc1CNc1cn[nH]c1. The molecule has 0 saturated carbocycles. The third-order valence-electron chi connectivity index (χ3n) is 1.94. The van der Waals surface area contributed by atoms with Crippen molar-refractivity contribution in [2.75, 3.05) is 5.32 Å². The zero-order chi connectivity index (χ0) is 9.80. The van der Waals surface area contributed by atoms with Gasteiger partial charge in [0.1, 0.15) is 0 Å². The Morgan fingerprint density at radius 3 is 2.93 bits per heavy atom. The fraction of sp³-hybridized carbons (Fsp3) is 0.100. The van der Waals surface area contributed by atoms with Crippen LogP contribution >= 0.6 is 15.9 Å². The first-order valence-electron chi connectivity index (χ1n) is 4.32. The van der Waals surface area contributed by atoms with Crippen LogP contribution in [0.3, 0.4) is 0 Å². The standard InChI is InChI=1S/C10H10BrN3/c11-10-4-2-1-3-8(10)5-12-9-6-13-14-7-9/h1-4,6-7,12H,5H2,(H,13,14). The van der Waals surface area contributed by atoms with Crippen LogP contribution in [0.1, 0.15) is 5.56 Å². The molecule has 3 nitrogen and oxygen atoms in total. The predicted octanol–water partition coefficient (Wildman–Crippen LogP) is 2.78. The molecule has 0 bridgehead atoms. The summed E-state index contributed by atoms with van der Waals surface area (Å²) in [5, 5.41) is 9.87. The Bertz CT molecular complexity index is 398. The number of anilines is 1. The fourth-order valence-electron chi connectivity index (χ4n) is 1.19. The number of H-pyrrole nitrogens is 1. The van der Waals surface area contributed by atoms with Gasteiger partial charge < -0.3 is 5.32 Å². The van der Waals surface area contributed by atoms with Crippen molar-refractivity contribution in [1.82, 2.24) is 10.2 Å². The van der Waals surface area contributed by atoms with Crippen molar-refractivity contribution in [3.8, 4) is 0 Å². The molecule has 0 atom stereocenters. The van der Waals surface area contributed by atoms with E-state index in [9.17, 15) is 0 Å². The molecule has 0 spiro atoms. The van der Waals surface area contributed by atoms with Gasteiger partial charge in [-0.05, 0) is 11.6 Å². The summed E-state index contributed by atoms with van der Waals surface area (Å²) < 4.78 is 1.12. The molecule has 0 saturated heterocycles. The van der Waals surface area contributed by atoms with E-state index < -0.39 is 0 Å². The van der Waals surface area contributed by atoms with Gasteiger partial charge in [-0.1, -0.05) is 34.1 Å². The maximum atomic E-state index is 3.86. The molecule has 14 heavy (non-hydrogen) atoms. The Labute approximate surface area is 90.7 Å². The van der Waals surface area contributed by atoms with E-state index in [4.69, 9.17) is 0 Å². The number of rotatable bonds is 3. The van der Waals surface area contributed by atoms with E-state index >= 15 is 0 Å². The molecule has 0 fully saturated rings. The Balaban J connectivity index is 2.02. The summed E-state index contributed by atoms with van der Waals surface area (Å²) in [6.07, 6.45) is 3.59. The van der Waals surface area contributed by atoms with Crippen molar-refractivity contribution < 1.29 is 0 Å². The van der Waals surface area contributed by atoms with Gasteiger partial charge in [0.2, 0.25) is 0 Å². The van der Waals surface area contributed by atoms with Crippen molar-refractivity contribution in [2.24, 2.45) is 0 Å². The molecule has 72 valence electrons. The van der Waals surface area contributed by atoms with Crippen molar-refractivity contribution >= 4 is 21.6 Å². The average molecular weight is 252 g/mol. The van der Waals surface area contributed by atoms with Crippen LogP contribution in [0.25, 0.3) is 0 Å².